The molecule has 7 heteroatoms. The van der Waals surface area contributed by atoms with Crippen molar-refractivity contribution in [3.63, 3.8) is 0 Å². The van der Waals surface area contributed by atoms with Crippen molar-refractivity contribution in [1.29, 1.82) is 0 Å². The third-order valence-electron chi connectivity index (χ3n) is 4.75. The van der Waals surface area contributed by atoms with Gasteiger partial charge in [-0.15, -0.1) is 0 Å². The molecule has 0 aliphatic carbocycles. The van der Waals surface area contributed by atoms with Gasteiger partial charge in [0.25, 0.3) is 5.91 Å². The van der Waals surface area contributed by atoms with Crippen LogP contribution in [0.15, 0.2) is 49.3 Å². The molecule has 3 aromatic rings. The molecule has 0 saturated carbocycles. The number of benzene rings is 1. The van der Waals surface area contributed by atoms with Gasteiger partial charge in [0.15, 0.2) is 0 Å². The summed E-state index contributed by atoms with van der Waals surface area (Å²) in [7, 11) is 2.00. The van der Waals surface area contributed by atoms with E-state index in [0.29, 0.717) is 19.0 Å². The molecule has 1 aliphatic heterocycles. The van der Waals surface area contributed by atoms with Crippen LogP contribution in [0.4, 0.5) is 0 Å². The summed E-state index contributed by atoms with van der Waals surface area (Å²) in [6.45, 7) is 2.01. The van der Waals surface area contributed by atoms with Crippen LogP contribution < -0.4 is 0 Å². The van der Waals surface area contributed by atoms with Crippen molar-refractivity contribution < 1.29 is 4.79 Å². The van der Waals surface area contributed by atoms with Gasteiger partial charge in [-0.2, -0.15) is 5.10 Å². The number of imidazole rings is 1. The van der Waals surface area contributed by atoms with Crippen LogP contribution in [0.5, 0.6) is 0 Å². The SMILES string of the molecule is Cn1ccnc1C1CCN(C(=O)c2ccccc2Cn2cncn2)C1. The van der Waals surface area contributed by atoms with Crippen LogP contribution in [0, 0.1) is 0 Å². The Bertz CT molecular complexity index is 869. The molecule has 3 heterocycles. The third kappa shape index (κ3) is 3.05. The fourth-order valence-electron chi connectivity index (χ4n) is 3.45. The zero-order valence-corrected chi connectivity index (χ0v) is 14.1. The highest BCUT2D eigenvalue weighted by molar-refractivity contribution is 5.96. The van der Waals surface area contributed by atoms with Gasteiger partial charge in [-0.05, 0) is 18.1 Å². The van der Waals surface area contributed by atoms with Crippen LogP contribution in [-0.2, 0) is 13.6 Å². The highest BCUT2D eigenvalue weighted by Crippen LogP contribution is 2.27. The van der Waals surface area contributed by atoms with Crippen molar-refractivity contribution in [2.45, 2.75) is 18.9 Å². The lowest BCUT2D eigenvalue weighted by molar-refractivity contribution is 0.0789. The van der Waals surface area contributed by atoms with Crippen molar-refractivity contribution in [2.75, 3.05) is 13.1 Å². The van der Waals surface area contributed by atoms with Crippen LogP contribution in [0.2, 0.25) is 0 Å². The van der Waals surface area contributed by atoms with E-state index in [0.717, 1.165) is 29.9 Å². The summed E-state index contributed by atoms with van der Waals surface area (Å²) in [4.78, 5) is 23.4. The smallest absolute Gasteiger partial charge is 0.254 e. The predicted octanol–water partition coefficient (Wildman–Crippen LogP) is 1.69. The van der Waals surface area contributed by atoms with Crippen molar-refractivity contribution in [3.8, 4) is 0 Å². The molecular weight excluding hydrogens is 316 g/mol. The summed E-state index contributed by atoms with van der Waals surface area (Å²) < 4.78 is 3.77. The van der Waals surface area contributed by atoms with Crippen LogP contribution in [0.1, 0.15) is 34.1 Å². The molecule has 1 aliphatic rings. The van der Waals surface area contributed by atoms with Gasteiger partial charge in [-0.1, -0.05) is 18.2 Å². The van der Waals surface area contributed by atoms with Gasteiger partial charge in [0, 0.05) is 44.0 Å². The molecule has 128 valence electrons. The molecule has 7 nitrogen and oxygen atoms in total. The lowest BCUT2D eigenvalue weighted by atomic mass is 10.1. The van der Waals surface area contributed by atoms with Crippen LogP contribution in [-0.4, -0.2) is 48.2 Å². The average molecular weight is 336 g/mol. The highest BCUT2D eigenvalue weighted by atomic mass is 16.2. The Hall–Kier alpha value is -2.96. The Morgan fingerprint density at radius 1 is 1.32 bits per heavy atom. The Labute approximate surface area is 145 Å². The predicted molar refractivity (Wildman–Crippen MR) is 92.0 cm³/mol. The largest absolute Gasteiger partial charge is 0.338 e. The molecule has 4 rings (SSSR count). The fraction of sp³-hybridized carbons (Fsp3) is 0.333. The molecule has 1 atom stereocenters. The molecule has 0 radical (unpaired) electrons. The number of carbonyl (C=O) groups excluding carboxylic acids is 1. The topological polar surface area (TPSA) is 68.8 Å². The van der Waals surface area contributed by atoms with E-state index in [1.54, 1.807) is 11.0 Å². The number of rotatable bonds is 4. The number of hydrogen-bond acceptors (Lipinski definition) is 4. The summed E-state index contributed by atoms with van der Waals surface area (Å²) in [5.74, 6) is 1.42. The molecule has 1 aromatic carbocycles. The van der Waals surface area contributed by atoms with Gasteiger partial charge in [0.2, 0.25) is 0 Å². The zero-order valence-electron chi connectivity index (χ0n) is 14.1. The number of nitrogens with zero attached hydrogens (tertiary/aromatic N) is 6. The quantitative estimate of drug-likeness (QED) is 0.727. The summed E-state index contributed by atoms with van der Waals surface area (Å²) in [6.07, 6.45) is 7.87. The molecule has 1 fully saturated rings. The van der Waals surface area contributed by atoms with E-state index in [9.17, 15) is 4.79 Å². The Morgan fingerprint density at radius 3 is 2.96 bits per heavy atom. The zero-order chi connectivity index (χ0) is 17.2. The minimum absolute atomic E-state index is 0.0763. The molecule has 1 unspecified atom stereocenters. The first-order valence-corrected chi connectivity index (χ1v) is 8.39. The minimum atomic E-state index is 0.0763. The van der Waals surface area contributed by atoms with Gasteiger partial charge >= 0.3 is 0 Å². The molecule has 1 saturated heterocycles. The van der Waals surface area contributed by atoms with Crippen molar-refractivity contribution in [3.05, 3.63) is 66.3 Å². The second-order valence-corrected chi connectivity index (χ2v) is 6.38. The molecule has 25 heavy (non-hydrogen) atoms. The lowest BCUT2D eigenvalue weighted by Gasteiger charge is -2.18. The van der Waals surface area contributed by atoms with E-state index < -0.39 is 0 Å². The van der Waals surface area contributed by atoms with E-state index in [1.165, 1.54) is 6.33 Å². The normalized spacial score (nSPS) is 17.2. The number of likely N-dealkylation sites (tertiary alicyclic amines) is 1. The Kier molecular flexibility index (Phi) is 4.05. The first kappa shape index (κ1) is 15.6. The second-order valence-electron chi connectivity index (χ2n) is 6.38. The number of carbonyl (C=O) groups is 1. The van der Waals surface area contributed by atoms with Crippen LogP contribution >= 0.6 is 0 Å². The van der Waals surface area contributed by atoms with Gasteiger partial charge in [0.1, 0.15) is 18.5 Å². The maximum absolute atomic E-state index is 13.0. The van der Waals surface area contributed by atoms with Gasteiger partial charge in [-0.3, -0.25) is 4.79 Å². The Balaban J connectivity index is 1.53. The number of hydrogen-bond donors (Lipinski definition) is 0. The van der Waals surface area contributed by atoms with E-state index in [1.807, 2.05) is 53.2 Å². The fourth-order valence-corrected chi connectivity index (χ4v) is 3.45. The van der Waals surface area contributed by atoms with E-state index in [-0.39, 0.29) is 5.91 Å². The first-order valence-electron chi connectivity index (χ1n) is 8.39. The monoisotopic (exact) mass is 336 g/mol. The first-order chi connectivity index (χ1) is 12.2. The number of aryl methyl sites for hydroxylation is 1. The van der Waals surface area contributed by atoms with Crippen LogP contribution in [0.25, 0.3) is 0 Å². The standard InChI is InChI=1S/C18H20N6O/c1-22-9-7-20-17(22)15-6-8-23(10-15)18(25)16-5-3-2-4-14(16)11-24-13-19-12-21-24/h2-5,7,9,12-13,15H,6,8,10-11H2,1H3. The molecular formula is C18H20N6O. The molecule has 0 bridgehead atoms. The second kappa shape index (κ2) is 6.51. The molecule has 0 N–H and O–H groups in total. The maximum Gasteiger partial charge on any atom is 0.254 e. The number of amides is 1. The van der Waals surface area contributed by atoms with E-state index >= 15 is 0 Å². The summed E-state index contributed by atoms with van der Waals surface area (Å²) in [5.41, 5.74) is 1.69. The van der Waals surface area contributed by atoms with Gasteiger partial charge < -0.3 is 9.47 Å². The Morgan fingerprint density at radius 2 is 2.20 bits per heavy atom. The average Bonchev–Trinajstić information content (AvgIpc) is 3.36. The minimum Gasteiger partial charge on any atom is -0.338 e. The molecule has 0 spiro atoms. The van der Waals surface area contributed by atoms with Crippen molar-refractivity contribution in [1.82, 2.24) is 29.2 Å². The number of aromatic nitrogens is 5. The summed E-state index contributed by atoms with van der Waals surface area (Å²) >= 11 is 0. The van der Waals surface area contributed by atoms with Gasteiger partial charge in [0.05, 0.1) is 6.54 Å². The lowest BCUT2D eigenvalue weighted by Crippen LogP contribution is -2.29. The third-order valence-corrected chi connectivity index (χ3v) is 4.75. The highest BCUT2D eigenvalue weighted by Gasteiger charge is 2.30. The van der Waals surface area contributed by atoms with Crippen LogP contribution in [0.3, 0.4) is 0 Å². The van der Waals surface area contributed by atoms with E-state index in [4.69, 9.17) is 0 Å². The summed E-state index contributed by atoms with van der Waals surface area (Å²) in [6, 6.07) is 7.72. The van der Waals surface area contributed by atoms with Crippen molar-refractivity contribution in [2.24, 2.45) is 7.05 Å². The summed E-state index contributed by atoms with van der Waals surface area (Å²) in [5, 5.41) is 4.13. The van der Waals surface area contributed by atoms with Crippen molar-refractivity contribution >= 4 is 5.91 Å². The molecule has 2 aromatic heterocycles. The maximum atomic E-state index is 13.0. The van der Waals surface area contributed by atoms with Gasteiger partial charge in [-0.25, -0.2) is 14.6 Å². The molecule has 1 amide bonds. The van der Waals surface area contributed by atoms with E-state index in [2.05, 4.69) is 15.1 Å².